The second-order valence-electron chi connectivity index (χ2n) is 5.62. The number of imidazole rings is 1. The van der Waals surface area contributed by atoms with Crippen molar-refractivity contribution < 1.29 is 13.2 Å². The summed E-state index contributed by atoms with van der Waals surface area (Å²) in [6, 6.07) is 10.7. The molecule has 0 fully saturated rings. The maximum absolute atomic E-state index is 12.3. The van der Waals surface area contributed by atoms with Crippen LogP contribution in [0.4, 0.5) is 0 Å². The third-order valence-electron chi connectivity index (χ3n) is 3.94. The highest BCUT2D eigenvalue weighted by atomic mass is 35.5. The van der Waals surface area contributed by atoms with E-state index in [-0.39, 0.29) is 4.90 Å². The van der Waals surface area contributed by atoms with E-state index in [9.17, 15) is 13.2 Å². The molecule has 0 saturated heterocycles. The van der Waals surface area contributed by atoms with Gasteiger partial charge in [-0.25, -0.2) is 13.4 Å². The first-order valence-electron chi connectivity index (χ1n) is 7.86. The summed E-state index contributed by atoms with van der Waals surface area (Å²) in [7, 11) is -3.89. The zero-order valence-electron chi connectivity index (χ0n) is 14.2. The molecular weight excluding hydrogens is 376 g/mol. The Morgan fingerprint density at radius 1 is 1.19 bits per heavy atom. The molecule has 2 aromatic carbocycles. The number of nitrogens with zero attached hydrogens (tertiary/aromatic N) is 2. The van der Waals surface area contributed by atoms with Crippen LogP contribution >= 0.6 is 11.6 Å². The van der Waals surface area contributed by atoms with Crippen LogP contribution in [-0.2, 0) is 16.6 Å². The standard InChI is InChI=1S/C17H17ClN4O3S/c1-3-22-11(2)19-15-10-12(4-9-16(15)22)17(23)20-21-26(24,25)14-7-5-13(18)6-8-14/h4-10,21H,3H2,1-2H3,(H,20,23). The maximum Gasteiger partial charge on any atom is 0.266 e. The third kappa shape index (κ3) is 3.57. The van der Waals surface area contributed by atoms with E-state index in [1.807, 2.05) is 18.4 Å². The van der Waals surface area contributed by atoms with Crippen LogP contribution in [0, 0.1) is 6.92 Å². The van der Waals surface area contributed by atoms with Crippen LogP contribution < -0.4 is 10.3 Å². The predicted molar refractivity (Wildman–Crippen MR) is 99.4 cm³/mol. The smallest absolute Gasteiger partial charge is 0.266 e. The van der Waals surface area contributed by atoms with Crippen LogP contribution in [0.25, 0.3) is 11.0 Å². The molecule has 9 heteroatoms. The summed E-state index contributed by atoms with van der Waals surface area (Å²) in [6.45, 7) is 4.68. The average molecular weight is 393 g/mol. The lowest BCUT2D eigenvalue weighted by Crippen LogP contribution is -2.41. The van der Waals surface area contributed by atoms with Crippen LogP contribution in [0.3, 0.4) is 0 Å². The summed E-state index contributed by atoms with van der Waals surface area (Å²) >= 11 is 5.75. The molecule has 136 valence electrons. The van der Waals surface area contributed by atoms with Crippen molar-refractivity contribution in [1.29, 1.82) is 0 Å². The van der Waals surface area contributed by atoms with Crippen molar-refractivity contribution in [2.24, 2.45) is 0 Å². The number of aromatic nitrogens is 2. The van der Waals surface area contributed by atoms with E-state index in [1.165, 1.54) is 24.3 Å². The number of amides is 1. The molecule has 0 atom stereocenters. The number of hydrogen-bond acceptors (Lipinski definition) is 4. The first kappa shape index (κ1) is 18.4. The zero-order valence-corrected chi connectivity index (χ0v) is 15.7. The number of carbonyl (C=O) groups excluding carboxylic acids is 1. The molecule has 2 N–H and O–H groups in total. The minimum Gasteiger partial charge on any atom is -0.329 e. The second kappa shape index (κ2) is 7.06. The molecule has 0 radical (unpaired) electrons. The van der Waals surface area contributed by atoms with Gasteiger partial charge in [-0.05, 0) is 56.3 Å². The van der Waals surface area contributed by atoms with Gasteiger partial charge in [0, 0.05) is 17.1 Å². The summed E-state index contributed by atoms with van der Waals surface area (Å²) in [5.41, 5.74) is 4.11. The Labute approximate surface area is 156 Å². The summed E-state index contributed by atoms with van der Waals surface area (Å²) < 4.78 is 26.4. The molecule has 26 heavy (non-hydrogen) atoms. The topological polar surface area (TPSA) is 93.1 Å². The molecule has 7 nitrogen and oxygen atoms in total. The lowest BCUT2D eigenvalue weighted by Gasteiger charge is -2.09. The van der Waals surface area contributed by atoms with Crippen LogP contribution in [0.15, 0.2) is 47.4 Å². The molecule has 0 spiro atoms. The van der Waals surface area contributed by atoms with E-state index >= 15 is 0 Å². The molecule has 0 bridgehead atoms. The van der Waals surface area contributed by atoms with E-state index in [4.69, 9.17) is 11.6 Å². The van der Waals surface area contributed by atoms with Gasteiger partial charge in [-0.1, -0.05) is 11.6 Å². The van der Waals surface area contributed by atoms with Crippen molar-refractivity contribution in [2.45, 2.75) is 25.3 Å². The van der Waals surface area contributed by atoms with Crippen LogP contribution in [0.1, 0.15) is 23.1 Å². The highest BCUT2D eigenvalue weighted by Gasteiger charge is 2.16. The Balaban J connectivity index is 1.77. The summed E-state index contributed by atoms with van der Waals surface area (Å²) in [4.78, 5) is 18.8. The number of carbonyl (C=O) groups is 1. The minimum absolute atomic E-state index is 0.00466. The van der Waals surface area contributed by atoms with Gasteiger partial charge in [0.1, 0.15) is 5.82 Å². The Bertz CT molecular complexity index is 1080. The van der Waals surface area contributed by atoms with E-state index in [2.05, 4.69) is 15.2 Å². The monoisotopic (exact) mass is 392 g/mol. The van der Waals surface area contributed by atoms with Gasteiger partial charge in [0.05, 0.1) is 15.9 Å². The molecule has 0 aliphatic rings. The molecular formula is C17H17ClN4O3S. The number of benzene rings is 2. The molecule has 1 heterocycles. The number of hydrazine groups is 1. The van der Waals surface area contributed by atoms with Crippen molar-refractivity contribution in [3.8, 4) is 0 Å². The van der Waals surface area contributed by atoms with Crippen molar-refractivity contribution in [3.63, 3.8) is 0 Å². The molecule has 1 amide bonds. The summed E-state index contributed by atoms with van der Waals surface area (Å²) in [5.74, 6) is 0.275. The fraction of sp³-hybridized carbons (Fsp3) is 0.176. The number of sulfonamides is 1. The highest BCUT2D eigenvalue weighted by Crippen LogP contribution is 2.18. The summed E-state index contributed by atoms with van der Waals surface area (Å²) in [5, 5.41) is 0.420. The molecule has 0 aliphatic carbocycles. The normalized spacial score (nSPS) is 11.7. The maximum atomic E-state index is 12.3. The third-order valence-corrected chi connectivity index (χ3v) is 5.46. The van der Waals surface area contributed by atoms with Gasteiger partial charge in [-0.15, -0.1) is 4.83 Å². The Morgan fingerprint density at radius 3 is 2.54 bits per heavy atom. The lowest BCUT2D eigenvalue weighted by atomic mass is 10.2. The number of hydrogen-bond donors (Lipinski definition) is 2. The van der Waals surface area contributed by atoms with E-state index in [0.29, 0.717) is 16.1 Å². The van der Waals surface area contributed by atoms with Gasteiger partial charge in [-0.2, -0.15) is 0 Å². The predicted octanol–water partition coefficient (Wildman–Crippen LogP) is 2.64. The van der Waals surface area contributed by atoms with E-state index in [1.54, 1.807) is 18.2 Å². The van der Waals surface area contributed by atoms with Crippen LogP contribution in [-0.4, -0.2) is 23.9 Å². The minimum atomic E-state index is -3.89. The number of aryl methyl sites for hydroxylation is 2. The first-order valence-corrected chi connectivity index (χ1v) is 9.72. The Morgan fingerprint density at radius 2 is 1.88 bits per heavy atom. The number of halogens is 1. The van der Waals surface area contributed by atoms with Crippen molar-refractivity contribution in [3.05, 3.63) is 58.9 Å². The first-order chi connectivity index (χ1) is 12.3. The molecule has 0 saturated carbocycles. The molecule has 1 aromatic heterocycles. The molecule has 0 unspecified atom stereocenters. The van der Waals surface area contributed by atoms with Gasteiger partial charge in [0.15, 0.2) is 0 Å². The summed E-state index contributed by atoms with van der Waals surface area (Å²) in [6.07, 6.45) is 0. The van der Waals surface area contributed by atoms with Gasteiger partial charge in [0.25, 0.3) is 15.9 Å². The van der Waals surface area contributed by atoms with Crippen molar-refractivity contribution in [2.75, 3.05) is 0 Å². The molecule has 0 aliphatic heterocycles. The van der Waals surface area contributed by atoms with Gasteiger partial charge >= 0.3 is 0 Å². The number of nitrogens with one attached hydrogen (secondary N) is 2. The zero-order chi connectivity index (χ0) is 18.9. The Kier molecular flexibility index (Phi) is 4.99. The lowest BCUT2D eigenvalue weighted by molar-refractivity contribution is 0.0945. The highest BCUT2D eigenvalue weighted by molar-refractivity contribution is 7.89. The quantitative estimate of drug-likeness (QED) is 0.653. The van der Waals surface area contributed by atoms with Gasteiger partial charge in [0.2, 0.25) is 0 Å². The number of rotatable bonds is 5. The number of fused-ring (bicyclic) bond motifs is 1. The average Bonchev–Trinajstić information content (AvgIpc) is 2.94. The van der Waals surface area contributed by atoms with Crippen molar-refractivity contribution >= 4 is 38.6 Å². The second-order valence-corrected chi connectivity index (χ2v) is 7.74. The fourth-order valence-corrected chi connectivity index (χ4v) is 3.61. The van der Waals surface area contributed by atoms with Crippen LogP contribution in [0.5, 0.6) is 0 Å². The molecule has 3 aromatic rings. The Hall–Kier alpha value is -2.42. The van der Waals surface area contributed by atoms with Gasteiger partial charge < -0.3 is 4.57 Å². The van der Waals surface area contributed by atoms with E-state index < -0.39 is 15.9 Å². The fourth-order valence-electron chi connectivity index (χ4n) is 2.65. The van der Waals surface area contributed by atoms with Crippen molar-refractivity contribution in [1.82, 2.24) is 19.8 Å². The van der Waals surface area contributed by atoms with Crippen LogP contribution in [0.2, 0.25) is 5.02 Å². The van der Waals surface area contributed by atoms with E-state index in [0.717, 1.165) is 17.9 Å². The SMILES string of the molecule is CCn1c(C)nc2cc(C(=O)NNS(=O)(=O)c3ccc(Cl)cc3)ccc21. The van der Waals surface area contributed by atoms with Gasteiger partial charge in [-0.3, -0.25) is 10.2 Å². The largest absolute Gasteiger partial charge is 0.329 e. The molecule has 3 rings (SSSR count).